The number of hydrogen-bond acceptors (Lipinski definition) is 4. The first-order valence-corrected chi connectivity index (χ1v) is 9.25. The van der Waals surface area contributed by atoms with Crippen LogP contribution in [0.15, 0.2) is 48.5 Å². The highest BCUT2D eigenvalue weighted by molar-refractivity contribution is 5.98. The number of benzene rings is 3. The summed E-state index contributed by atoms with van der Waals surface area (Å²) in [6, 6.07) is 17.1. The van der Waals surface area contributed by atoms with Crippen LogP contribution in [0.25, 0.3) is 10.8 Å². The van der Waals surface area contributed by atoms with Gasteiger partial charge >= 0.3 is 0 Å². The van der Waals surface area contributed by atoms with Gasteiger partial charge in [0.05, 0.1) is 27.4 Å². The average Bonchev–Trinajstić information content (AvgIpc) is 2.72. The summed E-state index contributed by atoms with van der Waals surface area (Å²) in [4.78, 5) is 2.47. The fourth-order valence-corrected chi connectivity index (χ4v) is 4.16. The monoisotopic (exact) mass is 363 g/mol. The number of methoxy groups -OCH3 is 3. The van der Waals surface area contributed by atoms with E-state index in [1.807, 2.05) is 0 Å². The van der Waals surface area contributed by atoms with Crippen molar-refractivity contribution >= 4 is 16.5 Å². The molecule has 0 saturated heterocycles. The van der Waals surface area contributed by atoms with Crippen LogP contribution in [0.1, 0.15) is 24.1 Å². The van der Waals surface area contributed by atoms with E-state index in [1.54, 1.807) is 21.3 Å². The molecule has 0 aromatic heterocycles. The Bertz CT molecular complexity index is 983. The molecule has 27 heavy (non-hydrogen) atoms. The zero-order valence-corrected chi connectivity index (χ0v) is 16.3. The summed E-state index contributed by atoms with van der Waals surface area (Å²) >= 11 is 0. The van der Waals surface area contributed by atoms with E-state index >= 15 is 0 Å². The minimum absolute atomic E-state index is 0.241. The molecule has 1 heterocycles. The Kier molecular flexibility index (Phi) is 4.56. The van der Waals surface area contributed by atoms with E-state index in [1.165, 1.54) is 22.2 Å². The molecule has 4 heteroatoms. The number of fused-ring (bicyclic) bond motifs is 2. The van der Waals surface area contributed by atoms with E-state index in [0.29, 0.717) is 0 Å². The van der Waals surface area contributed by atoms with Gasteiger partial charge in [-0.2, -0.15) is 0 Å². The van der Waals surface area contributed by atoms with Crippen molar-refractivity contribution in [2.24, 2.45) is 0 Å². The average molecular weight is 363 g/mol. The highest BCUT2D eigenvalue weighted by Gasteiger charge is 2.27. The van der Waals surface area contributed by atoms with E-state index < -0.39 is 0 Å². The molecule has 140 valence electrons. The van der Waals surface area contributed by atoms with Crippen LogP contribution < -0.4 is 19.1 Å². The lowest BCUT2D eigenvalue weighted by atomic mass is 9.91. The molecule has 3 aromatic rings. The Balaban J connectivity index is 1.81. The number of ether oxygens (including phenoxy) is 3. The van der Waals surface area contributed by atoms with Crippen LogP contribution >= 0.6 is 0 Å². The lowest BCUT2D eigenvalue weighted by molar-refractivity contribution is 0.353. The second-order valence-electron chi connectivity index (χ2n) is 6.86. The summed E-state index contributed by atoms with van der Waals surface area (Å²) in [6.07, 6.45) is 0.973. The fraction of sp³-hybridized carbons (Fsp3) is 0.304. The maximum atomic E-state index is 5.56. The third-order valence-electron chi connectivity index (χ3n) is 5.58. The minimum Gasteiger partial charge on any atom is -0.496 e. The molecule has 3 aromatic carbocycles. The van der Waals surface area contributed by atoms with Crippen molar-refractivity contribution in [3.8, 4) is 17.2 Å². The predicted octanol–water partition coefficient (Wildman–Crippen LogP) is 4.99. The van der Waals surface area contributed by atoms with Crippen LogP contribution in [0, 0.1) is 0 Å². The first kappa shape index (κ1) is 17.5. The summed E-state index contributed by atoms with van der Waals surface area (Å²) in [5, 5.41) is 2.36. The van der Waals surface area contributed by atoms with Gasteiger partial charge in [-0.05, 0) is 48.7 Å². The molecule has 4 nitrogen and oxygen atoms in total. The van der Waals surface area contributed by atoms with Gasteiger partial charge in [0.15, 0.2) is 11.5 Å². The third kappa shape index (κ3) is 2.85. The molecule has 0 saturated carbocycles. The van der Waals surface area contributed by atoms with Gasteiger partial charge in [-0.15, -0.1) is 0 Å². The van der Waals surface area contributed by atoms with Gasteiger partial charge in [-0.25, -0.2) is 0 Å². The molecule has 1 atom stereocenters. The maximum Gasteiger partial charge on any atom is 0.161 e. The summed E-state index contributed by atoms with van der Waals surface area (Å²) in [5.41, 5.74) is 3.85. The maximum absolute atomic E-state index is 5.56. The van der Waals surface area contributed by atoms with Gasteiger partial charge in [-0.1, -0.05) is 24.3 Å². The van der Waals surface area contributed by atoms with Crippen LogP contribution in [0.2, 0.25) is 0 Å². The normalized spacial score (nSPS) is 16.1. The quantitative estimate of drug-likeness (QED) is 0.653. The van der Waals surface area contributed by atoms with Crippen LogP contribution in [0.5, 0.6) is 17.2 Å². The topological polar surface area (TPSA) is 30.9 Å². The lowest BCUT2D eigenvalue weighted by Gasteiger charge is -2.38. The van der Waals surface area contributed by atoms with E-state index in [4.69, 9.17) is 14.2 Å². The molecule has 0 spiro atoms. The summed E-state index contributed by atoms with van der Waals surface area (Å²) < 4.78 is 16.6. The zero-order chi connectivity index (χ0) is 19.0. The second-order valence-corrected chi connectivity index (χ2v) is 6.86. The van der Waals surface area contributed by atoms with Crippen LogP contribution in [-0.2, 0) is 6.42 Å². The summed E-state index contributed by atoms with van der Waals surface area (Å²) in [5.74, 6) is 2.49. The van der Waals surface area contributed by atoms with Crippen molar-refractivity contribution in [3.05, 3.63) is 59.7 Å². The molecule has 1 aliphatic heterocycles. The molecule has 0 unspecified atom stereocenters. The van der Waals surface area contributed by atoms with Gasteiger partial charge in [0, 0.05) is 23.0 Å². The summed E-state index contributed by atoms with van der Waals surface area (Å²) in [6.45, 7) is 3.21. The third-order valence-corrected chi connectivity index (χ3v) is 5.58. The highest BCUT2D eigenvalue weighted by Crippen LogP contribution is 2.42. The predicted molar refractivity (Wildman–Crippen MR) is 110 cm³/mol. The van der Waals surface area contributed by atoms with Crippen molar-refractivity contribution in [1.82, 2.24) is 0 Å². The number of anilines is 1. The zero-order valence-electron chi connectivity index (χ0n) is 16.3. The fourth-order valence-electron chi connectivity index (χ4n) is 4.16. The highest BCUT2D eigenvalue weighted by atomic mass is 16.5. The summed E-state index contributed by atoms with van der Waals surface area (Å²) in [7, 11) is 5.10. The van der Waals surface area contributed by atoms with Crippen LogP contribution in [0.4, 0.5) is 5.69 Å². The lowest BCUT2D eigenvalue weighted by Crippen LogP contribution is -2.34. The molecule has 0 radical (unpaired) electrons. The van der Waals surface area contributed by atoms with Gasteiger partial charge in [-0.3, -0.25) is 0 Å². The Hall–Kier alpha value is -2.88. The van der Waals surface area contributed by atoms with E-state index in [9.17, 15) is 0 Å². The van der Waals surface area contributed by atoms with E-state index in [2.05, 4.69) is 60.4 Å². The molecule has 0 aliphatic carbocycles. The van der Waals surface area contributed by atoms with Gasteiger partial charge in [0.25, 0.3) is 0 Å². The van der Waals surface area contributed by atoms with Crippen LogP contribution in [-0.4, -0.2) is 27.9 Å². The Labute approximate surface area is 160 Å². The standard InChI is InChI=1S/C23H25NO3/c1-15-19-14-23(27-4)22(26-3)13-16(19)11-12-24(15)20-9-10-21(25-2)18-8-6-5-7-17(18)20/h5-10,13-15H,11-12H2,1-4H3/t15-/m1/s1. The largest absolute Gasteiger partial charge is 0.496 e. The SMILES string of the molecule is COc1cc2c(cc1OC)[C@@H](C)N(c1ccc(OC)c3ccccc13)CC2. The van der Waals surface area contributed by atoms with Gasteiger partial charge < -0.3 is 19.1 Å². The smallest absolute Gasteiger partial charge is 0.161 e. The molecule has 4 rings (SSSR count). The number of rotatable bonds is 4. The van der Waals surface area contributed by atoms with Gasteiger partial charge in [0.2, 0.25) is 0 Å². The number of hydrogen-bond donors (Lipinski definition) is 0. The minimum atomic E-state index is 0.241. The molecule has 1 aliphatic rings. The van der Waals surface area contributed by atoms with Crippen molar-refractivity contribution in [3.63, 3.8) is 0 Å². The molecule has 0 bridgehead atoms. The second kappa shape index (κ2) is 7.03. The van der Waals surface area contributed by atoms with E-state index in [0.717, 1.165) is 35.6 Å². The Morgan fingerprint density at radius 3 is 2.19 bits per heavy atom. The molecular formula is C23H25NO3. The first-order valence-electron chi connectivity index (χ1n) is 9.25. The molecule has 0 fully saturated rings. The van der Waals surface area contributed by atoms with Crippen LogP contribution in [0.3, 0.4) is 0 Å². The Morgan fingerprint density at radius 1 is 0.815 bits per heavy atom. The molecule has 0 amide bonds. The van der Waals surface area contributed by atoms with Crippen molar-refractivity contribution < 1.29 is 14.2 Å². The Morgan fingerprint density at radius 2 is 1.48 bits per heavy atom. The van der Waals surface area contributed by atoms with Crippen molar-refractivity contribution in [2.45, 2.75) is 19.4 Å². The number of nitrogens with zero attached hydrogens (tertiary/aromatic N) is 1. The molecule has 0 N–H and O–H groups in total. The van der Waals surface area contributed by atoms with E-state index in [-0.39, 0.29) is 6.04 Å². The van der Waals surface area contributed by atoms with Crippen molar-refractivity contribution in [1.29, 1.82) is 0 Å². The van der Waals surface area contributed by atoms with Crippen molar-refractivity contribution in [2.75, 3.05) is 32.8 Å². The molecular weight excluding hydrogens is 338 g/mol. The first-order chi connectivity index (χ1) is 13.2. The van der Waals surface area contributed by atoms with Gasteiger partial charge in [0.1, 0.15) is 5.75 Å².